The van der Waals surface area contributed by atoms with Gasteiger partial charge in [0.25, 0.3) is 0 Å². The Kier molecular flexibility index (Phi) is 4.76. The minimum absolute atomic E-state index is 0.161. The van der Waals surface area contributed by atoms with Crippen LogP contribution in [0, 0.1) is 6.92 Å². The first-order valence-corrected chi connectivity index (χ1v) is 8.81. The van der Waals surface area contributed by atoms with Crippen LogP contribution in [0.1, 0.15) is 39.0 Å². The monoisotopic (exact) mass is 372 g/mol. The van der Waals surface area contributed by atoms with Crippen LogP contribution >= 0.6 is 0 Å². The van der Waals surface area contributed by atoms with Gasteiger partial charge in [0, 0.05) is 30.2 Å². The highest BCUT2D eigenvalue weighted by Crippen LogP contribution is 2.43. The molecule has 0 bridgehead atoms. The Morgan fingerprint density at radius 1 is 1.30 bits per heavy atom. The van der Waals surface area contributed by atoms with Gasteiger partial charge in [-0.2, -0.15) is 0 Å². The van der Waals surface area contributed by atoms with Gasteiger partial charge in [-0.15, -0.1) is 0 Å². The number of benzene rings is 1. The van der Waals surface area contributed by atoms with Crippen molar-refractivity contribution < 1.29 is 23.4 Å². The average Bonchev–Trinajstić information content (AvgIpc) is 2.95. The number of aryl methyl sites for hydroxylation is 1. The number of esters is 1. The lowest BCUT2D eigenvalue weighted by Gasteiger charge is -2.30. The SMILES string of the molecule is COc1c2c(cc3oc(C)cc(=O)c13)O[C@H](C(C)(C)OC(=O)C=C(C)C)C2. The standard InChI is InChI=1S/C21H24O6/c1-11(2)7-18(23)27-21(4,5)17-9-13-15(26-17)10-16-19(20(13)24-6)14(22)8-12(3)25-16/h7-8,10,17H,9H2,1-6H3/t17-/m0/s1. The lowest BCUT2D eigenvalue weighted by Crippen LogP contribution is -2.43. The molecule has 1 atom stereocenters. The number of hydrogen-bond acceptors (Lipinski definition) is 6. The van der Waals surface area contributed by atoms with E-state index in [1.807, 2.05) is 13.8 Å². The van der Waals surface area contributed by atoms with Crippen molar-refractivity contribution in [3.63, 3.8) is 0 Å². The summed E-state index contributed by atoms with van der Waals surface area (Å²) in [6.45, 7) is 8.99. The van der Waals surface area contributed by atoms with Gasteiger partial charge < -0.3 is 18.6 Å². The summed E-state index contributed by atoms with van der Waals surface area (Å²) in [6.07, 6.45) is 1.49. The highest BCUT2D eigenvalue weighted by molar-refractivity contribution is 5.88. The molecule has 6 nitrogen and oxygen atoms in total. The molecular weight excluding hydrogens is 348 g/mol. The van der Waals surface area contributed by atoms with E-state index in [1.54, 1.807) is 26.8 Å². The summed E-state index contributed by atoms with van der Waals surface area (Å²) in [6, 6.07) is 3.14. The van der Waals surface area contributed by atoms with Gasteiger partial charge in [0.2, 0.25) is 0 Å². The zero-order valence-corrected chi connectivity index (χ0v) is 16.5. The van der Waals surface area contributed by atoms with Crippen molar-refractivity contribution in [3.8, 4) is 11.5 Å². The van der Waals surface area contributed by atoms with Gasteiger partial charge in [0.15, 0.2) is 5.43 Å². The van der Waals surface area contributed by atoms with Crippen LogP contribution in [0.5, 0.6) is 11.5 Å². The lowest BCUT2D eigenvalue weighted by atomic mass is 9.95. The molecule has 2 heterocycles. The van der Waals surface area contributed by atoms with Crippen LogP contribution in [0.25, 0.3) is 11.0 Å². The zero-order chi connectivity index (χ0) is 19.9. The third-order valence-electron chi connectivity index (χ3n) is 4.57. The average molecular weight is 372 g/mol. The predicted octanol–water partition coefficient (Wildman–Crippen LogP) is 3.70. The molecule has 0 saturated carbocycles. The van der Waals surface area contributed by atoms with E-state index in [4.69, 9.17) is 18.6 Å². The Balaban J connectivity index is 2.00. The minimum atomic E-state index is -0.868. The van der Waals surface area contributed by atoms with E-state index >= 15 is 0 Å². The number of allylic oxidation sites excluding steroid dienone is 1. The fourth-order valence-electron chi connectivity index (χ4n) is 3.31. The van der Waals surface area contributed by atoms with Crippen molar-refractivity contribution in [2.24, 2.45) is 0 Å². The summed E-state index contributed by atoms with van der Waals surface area (Å²) in [5, 5.41) is 0.394. The highest BCUT2D eigenvalue weighted by Gasteiger charge is 2.41. The van der Waals surface area contributed by atoms with Crippen LogP contribution in [0.2, 0.25) is 0 Å². The smallest absolute Gasteiger partial charge is 0.331 e. The molecule has 1 aromatic carbocycles. The van der Waals surface area contributed by atoms with Gasteiger partial charge in [-0.25, -0.2) is 4.79 Å². The second-order valence-electron chi connectivity index (χ2n) is 7.54. The van der Waals surface area contributed by atoms with Crippen LogP contribution in [0.4, 0.5) is 0 Å². The lowest BCUT2D eigenvalue weighted by molar-refractivity contribution is -0.158. The Hall–Kier alpha value is -2.76. The van der Waals surface area contributed by atoms with Gasteiger partial charge in [-0.05, 0) is 34.6 Å². The van der Waals surface area contributed by atoms with E-state index in [9.17, 15) is 9.59 Å². The molecule has 27 heavy (non-hydrogen) atoms. The Morgan fingerprint density at radius 2 is 2.00 bits per heavy atom. The van der Waals surface area contributed by atoms with Gasteiger partial charge >= 0.3 is 5.97 Å². The maximum atomic E-state index is 12.4. The molecule has 0 aliphatic carbocycles. The zero-order valence-electron chi connectivity index (χ0n) is 16.5. The molecule has 144 valence electrons. The number of fused-ring (bicyclic) bond motifs is 2. The molecular formula is C21H24O6. The van der Waals surface area contributed by atoms with Gasteiger partial charge in [-0.1, -0.05) is 5.57 Å². The molecule has 3 rings (SSSR count). The number of carbonyl (C=O) groups is 1. The van der Waals surface area contributed by atoms with Gasteiger partial charge in [0.05, 0.1) is 7.11 Å². The van der Waals surface area contributed by atoms with E-state index in [2.05, 4.69) is 0 Å². The molecule has 0 amide bonds. The predicted molar refractivity (Wildman–Crippen MR) is 101 cm³/mol. The third kappa shape index (κ3) is 3.56. The summed E-state index contributed by atoms with van der Waals surface area (Å²) in [5.74, 6) is 1.12. The third-order valence-corrected chi connectivity index (χ3v) is 4.57. The fourth-order valence-corrected chi connectivity index (χ4v) is 3.31. The largest absolute Gasteiger partial charge is 0.495 e. The van der Waals surface area contributed by atoms with Crippen molar-refractivity contribution >= 4 is 16.9 Å². The van der Waals surface area contributed by atoms with Crippen molar-refractivity contribution in [1.82, 2.24) is 0 Å². The molecule has 0 spiro atoms. The molecule has 0 radical (unpaired) electrons. The molecule has 2 aromatic rings. The van der Waals surface area contributed by atoms with Crippen molar-refractivity contribution in [3.05, 3.63) is 45.3 Å². The summed E-state index contributed by atoms with van der Waals surface area (Å²) >= 11 is 0. The topological polar surface area (TPSA) is 75.0 Å². The second kappa shape index (κ2) is 6.76. The van der Waals surface area contributed by atoms with Crippen LogP contribution in [0.3, 0.4) is 0 Å². The number of rotatable bonds is 4. The highest BCUT2D eigenvalue weighted by atomic mass is 16.6. The number of ether oxygens (including phenoxy) is 3. The molecule has 0 N–H and O–H groups in total. The molecule has 1 aliphatic heterocycles. The molecule has 1 aliphatic rings. The first-order chi connectivity index (χ1) is 12.6. The summed E-state index contributed by atoms with van der Waals surface area (Å²) < 4.78 is 22.9. The maximum Gasteiger partial charge on any atom is 0.331 e. The molecule has 6 heteroatoms. The first-order valence-electron chi connectivity index (χ1n) is 8.81. The molecule has 0 unspecified atom stereocenters. The van der Waals surface area contributed by atoms with Crippen LogP contribution in [0.15, 0.2) is 33.0 Å². The van der Waals surface area contributed by atoms with Crippen molar-refractivity contribution in [2.75, 3.05) is 7.11 Å². The van der Waals surface area contributed by atoms with E-state index in [1.165, 1.54) is 19.3 Å². The maximum absolute atomic E-state index is 12.4. The summed E-state index contributed by atoms with van der Waals surface area (Å²) in [4.78, 5) is 24.5. The summed E-state index contributed by atoms with van der Waals surface area (Å²) in [7, 11) is 1.52. The molecule has 0 fully saturated rings. The van der Waals surface area contributed by atoms with Crippen molar-refractivity contribution in [2.45, 2.75) is 52.7 Å². The Bertz CT molecular complexity index is 992. The Labute approximate surface area is 157 Å². The fraction of sp³-hybridized carbons (Fsp3) is 0.429. The normalized spacial score (nSPS) is 15.9. The number of methoxy groups -OCH3 is 1. The molecule has 0 saturated heterocycles. The van der Waals surface area contributed by atoms with Crippen LogP contribution < -0.4 is 14.9 Å². The van der Waals surface area contributed by atoms with E-state index < -0.39 is 17.7 Å². The molecule has 1 aromatic heterocycles. The Morgan fingerprint density at radius 3 is 2.63 bits per heavy atom. The van der Waals surface area contributed by atoms with E-state index in [0.717, 1.165) is 11.1 Å². The van der Waals surface area contributed by atoms with Crippen molar-refractivity contribution in [1.29, 1.82) is 0 Å². The number of carbonyl (C=O) groups excluding carboxylic acids is 1. The first kappa shape index (κ1) is 19.0. The second-order valence-corrected chi connectivity index (χ2v) is 7.54. The number of hydrogen-bond donors (Lipinski definition) is 0. The van der Waals surface area contributed by atoms with E-state index in [0.29, 0.717) is 34.6 Å². The van der Waals surface area contributed by atoms with Crippen LogP contribution in [-0.4, -0.2) is 24.8 Å². The minimum Gasteiger partial charge on any atom is -0.495 e. The van der Waals surface area contributed by atoms with E-state index in [-0.39, 0.29) is 5.43 Å². The van der Waals surface area contributed by atoms with Crippen LogP contribution in [-0.2, 0) is 16.0 Å². The quantitative estimate of drug-likeness (QED) is 0.602. The van der Waals surface area contributed by atoms with Gasteiger partial charge in [0.1, 0.15) is 39.9 Å². The van der Waals surface area contributed by atoms with Gasteiger partial charge in [-0.3, -0.25) is 4.79 Å². The summed E-state index contributed by atoms with van der Waals surface area (Å²) in [5.41, 5.74) is 1.02.